The number of carbonyl (C=O) groups excluding carboxylic acids is 1. The lowest BCUT2D eigenvalue weighted by atomic mass is 10.2. The molecule has 0 spiro atoms. The Morgan fingerprint density at radius 3 is 2.41 bits per heavy atom. The summed E-state index contributed by atoms with van der Waals surface area (Å²) in [6.07, 6.45) is 1.86. The number of nitrogens with zero attached hydrogens (tertiary/aromatic N) is 1. The lowest BCUT2D eigenvalue weighted by Crippen LogP contribution is -2.43. The summed E-state index contributed by atoms with van der Waals surface area (Å²) in [6.45, 7) is 5.74. The molecule has 0 aliphatic carbocycles. The van der Waals surface area contributed by atoms with Crippen LogP contribution < -0.4 is 0 Å². The number of carboxylic acid groups (broad SMARTS) is 1. The van der Waals surface area contributed by atoms with Crippen molar-refractivity contribution < 1.29 is 19.4 Å². The van der Waals surface area contributed by atoms with Crippen molar-refractivity contribution in [3.05, 3.63) is 0 Å². The molecule has 1 fully saturated rings. The predicted molar refractivity (Wildman–Crippen MR) is 66.3 cm³/mol. The van der Waals surface area contributed by atoms with Gasteiger partial charge < -0.3 is 9.84 Å². The van der Waals surface area contributed by atoms with Crippen LogP contribution in [0.4, 0.5) is 4.79 Å². The highest BCUT2D eigenvalue weighted by Crippen LogP contribution is 2.27. The fourth-order valence-corrected chi connectivity index (χ4v) is 2.41. The molecule has 0 saturated carbocycles. The van der Waals surface area contributed by atoms with E-state index in [9.17, 15) is 9.59 Å². The van der Waals surface area contributed by atoms with E-state index in [4.69, 9.17) is 9.84 Å². The molecule has 0 aromatic heterocycles. The maximum atomic E-state index is 11.9. The number of hydrogen-bond acceptors (Lipinski definition) is 4. The van der Waals surface area contributed by atoms with Gasteiger partial charge in [0.2, 0.25) is 0 Å². The van der Waals surface area contributed by atoms with Crippen LogP contribution in [0.1, 0.15) is 27.2 Å². The smallest absolute Gasteiger partial charge is 0.411 e. The Hall–Kier alpha value is -0.910. The van der Waals surface area contributed by atoms with Gasteiger partial charge in [-0.3, -0.25) is 4.90 Å². The summed E-state index contributed by atoms with van der Waals surface area (Å²) in [7, 11) is 0. The molecule has 0 aromatic carbocycles. The van der Waals surface area contributed by atoms with Gasteiger partial charge >= 0.3 is 12.1 Å². The van der Waals surface area contributed by atoms with Crippen molar-refractivity contribution in [2.75, 3.05) is 12.8 Å². The van der Waals surface area contributed by atoms with Gasteiger partial charge in [-0.15, -0.1) is 0 Å². The summed E-state index contributed by atoms with van der Waals surface area (Å²) in [5, 5.41) is 9.26. The second-order valence-corrected chi connectivity index (χ2v) is 6.22. The molecule has 0 bridgehead atoms. The molecular formula is C11H19NO4S. The number of rotatable bonds is 2. The van der Waals surface area contributed by atoms with Gasteiger partial charge in [0.15, 0.2) is 0 Å². The lowest BCUT2D eigenvalue weighted by Gasteiger charge is -2.26. The Morgan fingerprint density at radius 2 is 2.00 bits per heavy atom. The Kier molecular flexibility index (Phi) is 4.30. The fourth-order valence-electron chi connectivity index (χ4n) is 1.72. The number of carboxylic acids is 1. The predicted octanol–water partition coefficient (Wildman–Crippen LogP) is 1.81. The maximum Gasteiger partial charge on any atom is 0.411 e. The van der Waals surface area contributed by atoms with Gasteiger partial charge in [-0.05, 0) is 33.4 Å². The zero-order valence-corrected chi connectivity index (χ0v) is 11.4. The van der Waals surface area contributed by atoms with Crippen molar-refractivity contribution in [3.63, 3.8) is 0 Å². The summed E-state index contributed by atoms with van der Waals surface area (Å²) in [6, 6.07) is -0.762. The molecule has 2 atom stereocenters. The standard InChI is InChI=1S/C11H19NO4S/c1-11(2,3)16-10(15)12-6-7(17-4)5-8(12)9(13)14/h7-8H,5-6H2,1-4H3,(H,13,14)/t7-,8+/m1/s1. The minimum atomic E-state index is -0.965. The van der Waals surface area contributed by atoms with Crippen LogP contribution in [0.15, 0.2) is 0 Å². The van der Waals surface area contributed by atoms with E-state index in [1.165, 1.54) is 4.90 Å². The summed E-state index contributed by atoms with van der Waals surface area (Å²) in [5.41, 5.74) is -0.600. The molecule has 1 heterocycles. The number of hydrogen-bond donors (Lipinski definition) is 1. The van der Waals surface area contributed by atoms with Crippen LogP contribution in [0.2, 0.25) is 0 Å². The minimum absolute atomic E-state index is 0.170. The highest BCUT2D eigenvalue weighted by molar-refractivity contribution is 7.99. The van der Waals surface area contributed by atoms with Crippen LogP contribution >= 0.6 is 11.8 Å². The molecule has 1 rings (SSSR count). The van der Waals surface area contributed by atoms with E-state index in [0.29, 0.717) is 13.0 Å². The topological polar surface area (TPSA) is 66.8 Å². The molecule has 0 aromatic rings. The number of aliphatic carboxylic acids is 1. The van der Waals surface area contributed by atoms with Gasteiger partial charge in [-0.1, -0.05) is 0 Å². The number of thioether (sulfide) groups is 1. The summed E-state index contributed by atoms with van der Waals surface area (Å²) in [4.78, 5) is 24.3. The third-order valence-electron chi connectivity index (χ3n) is 2.51. The monoisotopic (exact) mass is 261 g/mol. The van der Waals surface area contributed by atoms with Gasteiger partial charge in [-0.25, -0.2) is 9.59 Å². The summed E-state index contributed by atoms with van der Waals surface area (Å²) >= 11 is 1.58. The molecule has 1 aliphatic rings. The fraction of sp³-hybridized carbons (Fsp3) is 0.818. The van der Waals surface area contributed by atoms with Crippen LogP contribution in [-0.4, -0.2) is 51.8 Å². The van der Waals surface area contributed by atoms with E-state index in [2.05, 4.69) is 0 Å². The van der Waals surface area contributed by atoms with Crippen molar-refractivity contribution in [3.8, 4) is 0 Å². The van der Waals surface area contributed by atoms with Crippen LogP contribution in [0.5, 0.6) is 0 Å². The minimum Gasteiger partial charge on any atom is -0.480 e. The zero-order valence-electron chi connectivity index (χ0n) is 10.6. The van der Waals surface area contributed by atoms with E-state index in [-0.39, 0.29) is 5.25 Å². The van der Waals surface area contributed by atoms with Crippen LogP contribution in [-0.2, 0) is 9.53 Å². The SMILES string of the molecule is CS[C@@H]1C[C@@H](C(=O)O)N(C(=O)OC(C)(C)C)C1. The highest BCUT2D eigenvalue weighted by atomic mass is 32.2. The number of amides is 1. The Morgan fingerprint density at radius 1 is 1.41 bits per heavy atom. The molecule has 1 saturated heterocycles. The third kappa shape index (κ3) is 3.80. The molecule has 1 N–H and O–H groups in total. The molecule has 5 nitrogen and oxygen atoms in total. The average Bonchev–Trinajstić information content (AvgIpc) is 2.58. The summed E-state index contributed by atoms with van der Waals surface area (Å²) < 4.78 is 5.21. The van der Waals surface area contributed by atoms with Gasteiger partial charge in [0.05, 0.1) is 0 Å². The quantitative estimate of drug-likeness (QED) is 0.821. The second-order valence-electron chi connectivity index (χ2n) is 5.08. The first-order chi connectivity index (χ1) is 7.74. The van der Waals surface area contributed by atoms with Gasteiger partial charge in [0.1, 0.15) is 11.6 Å². The number of ether oxygens (including phenoxy) is 1. The van der Waals surface area contributed by atoms with Gasteiger partial charge in [0, 0.05) is 11.8 Å². The molecular weight excluding hydrogens is 242 g/mol. The van der Waals surface area contributed by atoms with Crippen LogP contribution in [0, 0.1) is 0 Å². The van der Waals surface area contributed by atoms with E-state index in [1.54, 1.807) is 32.5 Å². The Balaban J connectivity index is 2.73. The molecule has 98 valence electrons. The largest absolute Gasteiger partial charge is 0.480 e. The third-order valence-corrected chi connectivity index (χ3v) is 3.52. The van der Waals surface area contributed by atoms with Crippen molar-refractivity contribution >= 4 is 23.8 Å². The Labute approximate surface area is 105 Å². The number of carbonyl (C=O) groups is 2. The van der Waals surface area contributed by atoms with Crippen LogP contribution in [0.25, 0.3) is 0 Å². The molecule has 0 unspecified atom stereocenters. The highest BCUT2D eigenvalue weighted by Gasteiger charge is 2.41. The Bertz CT molecular complexity index is 313. The van der Waals surface area contributed by atoms with Crippen molar-refractivity contribution in [1.82, 2.24) is 4.90 Å². The molecule has 1 amide bonds. The first-order valence-electron chi connectivity index (χ1n) is 5.50. The second kappa shape index (κ2) is 5.16. The maximum absolute atomic E-state index is 11.9. The zero-order chi connectivity index (χ0) is 13.2. The van der Waals surface area contributed by atoms with E-state index < -0.39 is 23.7 Å². The lowest BCUT2D eigenvalue weighted by molar-refractivity contribution is -0.142. The van der Waals surface area contributed by atoms with Crippen molar-refractivity contribution in [1.29, 1.82) is 0 Å². The first-order valence-corrected chi connectivity index (χ1v) is 6.78. The van der Waals surface area contributed by atoms with Gasteiger partial charge in [-0.2, -0.15) is 11.8 Å². The molecule has 0 radical (unpaired) electrons. The van der Waals surface area contributed by atoms with Crippen LogP contribution in [0.3, 0.4) is 0 Å². The van der Waals surface area contributed by atoms with Gasteiger partial charge in [0.25, 0.3) is 0 Å². The van der Waals surface area contributed by atoms with E-state index in [1.807, 2.05) is 6.26 Å². The summed E-state index contributed by atoms with van der Waals surface area (Å²) in [5.74, 6) is -0.965. The average molecular weight is 261 g/mol. The normalized spacial score (nSPS) is 24.8. The number of likely N-dealkylation sites (tertiary alicyclic amines) is 1. The van der Waals surface area contributed by atoms with Crippen molar-refractivity contribution in [2.24, 2.45) is 0 Å². The molecule has 1 aliphatic heterocycles. The first kappa shape index (κ1) is 14.2. The van der Waals surface area contributed by atoms with E-state index >= 15 is 0 Å². The molecule has 17 heavy (non-hydrogen) atoms. The molecule has 6 heteroatoms. The van der Waals surface area contributed by atoms with E-state index in [0.717, 1.165) is 0 Å². The van der Waals surface area contributed by atoms with Crippen molar-refractivity contribution in [2.45, 2.75) is 44.1 Å².